The maximum atomic E-state index is 11.5. The Morgan fingerprint density at radius 1 is 1.60 bits per heavy atom. The molecule has 0 aliphatic heterocycles. The van der Waals surface area contributed by atoms with Crippen molar-refractivity contribution < 1.29 is 9.21 Å². The molecule has 0 saturated heterocycles. The molecule has 1 aromatic rings. The second-order valence-corrected chi connectivity index (χ2v) is 4.32. The zero-order chi connectivity index (χ0) is 11.4. The summed E-state index contributed by atoms with van der Waals surface area (Å²) in [6, 6.07) is 3.49. The van der Waals surface area contributed by atoms with Crippen molar-refractivity contribution in [3.8, 4) is 0 Å². The molecule has 0 saturated carbocycles. The van der Waals surface area contributed by atoms with E-state index >= 15 is 0 Å². The minimum Gasteiger partial charge on any atom is -0.453 e. The highest BCUT2D eigenvalue weighted by Gasteiger charge is 2.14. The quantitative estimate of drug-likeness (QED) is 0.908. The average molecular weight is 275 g/mol. The van der Waals surface area contributed by atoms with Crippen LogP contribution in [0.3, 0.4) is 0 Å². The van der Waals surface area contributed by atoms with Gasteiger partial charge in [0.05, 0.1) is 12.6 Å². The second kappa shape index (κ2) is 5.32. The Morgan fingerprint density at radius 2 is 2.27 bits per heavy atom. The van der Waals surface area contributed by atoms with Crippen LogP contribution in [0.5, 0.6) is 0 Å². The van der Waals surface area contributed by atoms with Gasteiger partial charge in [-0.05, 0) is 35.0 Å². The van der Waals surface area contributed by atoms with Crippen LogP contribution in [-0.2, 0) is 11.3 Å². The maximum absolute atomic E-state index is 11.5. The molecule has 1 rings (SSSR count). The first-order valence-electron chi connectivity index (χ1n) is 4.69. The lowest BCUT2D eigenvalue weighted by atomic mass is 10.3. The Balaban J connectivity index is 2.40. The summed E-state index contributed by atoms with van der Waals surface area (Å²) in [7, 11) is 3.48. The van der Waals surface area contributed by atoms with Crippen molar-refractivity contribution in [3.05, 3.63) is 22.6 Å². The van der Waals surface area contributed by atoms with Crippen LogP contribution >= 0.6 is 15.9 Å². The molecule has 0 radical (unpaired) electrons. The molecule has 1 atom stereocenters. The van der Waals surface area contributed by atoms with Gasteiger partial charge in [-0.3, -0.25) is 10.1 Å². The van der Waals surface area contributed by atoms with E-state index in [-0.39, 0.29) is 11.9 Å². The summed E-state index contributed by atoms with van der Waals surface area (Å²) in [6.07, 6.45) is 0. The standard InChI is InChI=1S/C10H15BrN2O2/c1-7(10(14)13(2)3)12-6-8-4-5-9(11)15-8/h4-5,7,12H,6H2,1-3H3. The lowest BCUT2D eigenvalue weighted by Crippen LogP contribution is -2.41. The first-order valence-corrected chi connectivity index (χ1v) is 5.48. The van der Waals surface area contributed by atoms with Crippen LogP contribution in [-0.4, -0.2) is 30.9 Å². The highest BCUT2D eigenvalue weighted by molar-refractivity contribution is 9.10. The molecule has 4 nitrogen and oxygen atoms in total. The number of hydrogen-bond acceptors (Lipinski definition) is 3. The third-order valence-corrected chi connectivity index (χ3v) is 2.45. The number of carbonyl (C=O) groups is 1. The molecule has 0 aliphatic carbocycles. The van der Waals surface area contributed by atoms with Crippen molar-refractivity contribution >= 4 is 21.8 Å². The number of furan rings is 1. The summed E-state index contributed by atoms with van der Waals surface area (Å²) in [5.74, 6) is 0.862. The molecule has 1 N–H and O–H groups in total. The molecule has 0 bridgehead atoms. The van der Waals surface area contributed by atoms with E-state index in [1.54, 1.807) is 19.0 Å². The van der Waals surface area contributed by atoms with Crippen molar-refractivity contribution in [1.29, 1.82) is 0 Å². The summed E-state index contributed by atoms with van der Waals surface area (Å²) < 4.78 is 6.00. The van der Waals surface area contributed by atoms with Crippen molar-refractivity contribution in [1.82, 2.24) is 10.2 Å². The molecule has 1 heterocycles. The predicted molar refractivity (Wildman–Crippen MR) is 61.4 cm³/mol. The number of amides is 1. The molecule has 1 amide bonds. The normalized spacial score (nSPS) is 12.5. The number of likely N-dealkylation sites (N-methyl/N-ethyl adjacent to an activating group) is 1. The first-order chi connectivity index (χ1) is 7.00. The Labute approximate surface area is 97.8 Å². The van der Waals surface area contributed by atoms with Gasteiger partial charge in [-0.15, -0.1) is 0 Å². The number of nitrogens with one attached hydrogen (secondary N) is 1. The average Bonchev–Trinajstić information content (AvgIpc) is 2.59. The molecule has 0 aromatic carbocycles. The lowest BCUT2D eigenvalue weighted by molar-refractivity contribution is -0.130. The molecule has 15 heavy (non-hydrogen) atoms. The number of carbonyl (C=O) groups excluding carboxylic acids is 1. The van der Waals surface area contributed by atoms with E-state index in [1.807, 2.05) is 19.1 Å². The van der Waals surface area contributed by atoms with Crippen LogP contribution in [0.2, 0.25) is 0 Å². The topological polar surface area (TPSA) is 45.5 Å². The van der Waals surface area contributed by atoms with Crippen molar-refractivity contribution in [3.63, 3.8) is 0 Å². The van der Waals surface area contributed by atoms with E-state index in [9.17, 15) is 4.79 Å². The van der Waals surface area contributed by atoms with E-state index in [0.29, 0.717) is 11.2 Å². The maximum Gasteiger partial charge on any atom is 0.238 e. The fraction of sp³-hybridized carbons (Fsp3) is 0.500. The largest absolute Gasteiger partial charge is 0.453 e. The van der Waals surface area contributed by atoms with Crippen LogP contribution in [0, 0.1) is 0 Å². The monoisotopic (exact) mass is 274 g/mol. The van der Waals surface area contributed by atoms with Gasteiger partial charge in [-0.1, -0.05) is 0 Å². The van der Waals surface area contributed by atoms with Crippen LogP contribution in [0.4, 0.5) is 0 Å². The number of rotatable bonds is 4. The van der Waals surface area contributed by atoms with Crippen LogP contribution < -0.4 is 5.32 Å². The molecule has 0 fully saturated rings. The van der Waals surface area contributed by atoms with E-state index in [1.165, 1.54) is 0 Å². The van der Waals surface area contributed by atoms with Gasteiger partial charge in [0.15, 0.2) is 4.67 Å². The van der Waals surface area contributed by atoms with Gasteiger partial charge in [0.2, 0.25) is 5.91 Å². The Kier molecular flexibility index (Phi) is 4.35. The van der Waals surface area contributed by atoms with Gasteiger partial charge >= 0.3 is 0 Å². The van der Waals surface area contributed by atoms with Gasteiger partial charge < -0.3 is 9.32 Å². The second-order valence-electron chi connectivity index (χ2n) is 3.54. The fourth-order valence-electron chi connectivity index (χ4n) is 1.18. The molecular weight excluding hydrogens is 260 g/mol. The van der Waals surface area contributed by atoms with E-state index in [4.69, 9.17) is 4.42 Å². The number of halogens is 1. The molecule has 0 aliphatic rings. The highest BCUT2D eigenvalue weighted by atomic mass is 79.9. The van der Waals surface area contributed by atoms with Crippen LogP contribution in [0.1, 0.15) is 12.7 Å². The molecular formula is C10H15BrN2O2. The van der Waals surface area contributed by atoms with E-state index < -0.39 is 0 Å². The van der Waals surface area contributed by atoms with Gasteiger partial charge in [0.25, 0.3) is 0 Å². The van der Waals surface area contributed by atoms with Crippen molar-refractivity contribution in [2.75, 3.05) is 14.1 Å². The summed E-state index contributed by atoms with van der Waals surface area (Å²) in [5.41, 5.74) is 0. The Bertz CT molecular complexity index is 336. The minimum absolute atomic E-state index is 0.0561. The van der Waals surface area contributed by atoms with Gasteiger partial charge in [0.1, 0.15) is 5.76 Å². The lowest BCUT2D eigenvalue weighted by Gasteiger charge is -2.17. The van der Waals surface area contributed by atoms with E-state index in [0.717, 1.165) is 5.76 Å². The SMILES string of the molecule is CC(NCc1ccc(Br)o1)C(=O)N(C)C. The smallest absolute Gasteiger partial charge is 0.238 e. The summed E-state index contributed by atoms with van der Waals surface area (Å²) in [4.78, 5) is 13.1. The predicted octanol–water partition coefficient (Wildman–Crippen LogP) is 1.61. The summed E-state index contributed by atoms with van der Waals surface area (Å²) in [6.45, 7) is 2.38. The Hall–Kier alpha value is -0.810. The van der Waals surface area contributed by atoms with Crippen molar-refractivity contribution in [2.45, 2.75) is 19.5 Å². The Morgan fingerprint density at radius 3 is 2.73 bits per heavy atom. The third kappa shape index (κ3) is 3.68. The minimum atomic E-state index is -0.205. The van der Waals surface area contributed by atoms with Crippen LogP contribution in [0.15, 0.2) is 21.2 Å². The zero-order valence-corrected chi connectivity index (χ0v) is 10.7. The molecule has 5 heteroatoms. The summed E-state index contributed by atoms with van der Waals surface area (Å²) >= 11 is 3.22. The van der Waals surface area contributed by atoms with Gasteiger partial charge in [-0.25, -0.2) is 0 Å². The van der Waals surface area contributed by atoms with Crippen LogP contribution in [0.25, 0.3) is 0 Å². The fourth-order valence-corrected chi connectivity index (χ4v) is 1.52. The number of hydrogen-bond donors (Lipinski definition) is 1. The molecule has 1 unspecified atom stereocenters. The zero-order valence-electron chi connectivity index (χ0n) is 9.08. The van der Waals surface area contributed by atoms with Crippen molar-refractivity contribution in [2.24, 2.45) is 0 Å². The summed E-state index contributed by atoms with van der Waals surface area (Å²) in [5, 5.41) is 3.09. The van der Waals surface area contributed by atoms with Gasteiger partial charge in [0, 0.05) is 14.1 Å². The third-order valence-electron chi connectivity index (χ3n) is 2.02. The molecule has 84 valence electrons. The number of nitrogens with zero attached hydrogens (tertiary/aromatic N) is 1. The highest BCUT2D eigenvalue weighted by Crippen LogP contribution is 2.13. The molecule has 0 spiro atoms. The van der Waals surface area contributed by atoms with Gasteiger partial charge in [-0.2, -0.15) is 0 Å². The van der Waals surface area contributed by atoms with E-state index in [2.05, 4.69) is 21.2 Å². The molecule has 1 aromatic heterocycles. The first kappa shape index (κ1) is 12.3.